The minimum absolute atomic E-state index is 0.168. The molecule has 0 amide bonds. The van der Waals surface area contributed by atoms with E-state index in [1.807, 2.05) is 10.6 Å². The summed E-state index contributed by atoms with van der Waals surface area (Å²) < 4.78 is 2.04. The lowest BCUT2D eigenvalue weighted by Crippen LogP contribution is -2.29. The highest BCUT2D eigenvalue weighted by Crippen LogP contribution is 2.27. The predicted molar refractivity (Wildman–Crippen MR) is 97.7 cm³/mol. The van der Waals surface area contributed by atoms with Crippen molar-refractivity contribution >= 4 is 5.97 Å². The van der Waals surface area contributed by atoms with E-state index in [2.05, 4.69) is 9.97 Å². The van der Waals surface area contributed by atoms with Gasteiger partial charge in [0.25, 0.3) is 5.56 Å². The van der Waals surface area contributed by atoms with Crippen molar-refractivity contribution in [2.24, 2.45) is 0 Å². The van der Waals surface area contributed by atoms with Gasteiger partial charge in [-0.05, 0) is 50.2 Å². The molecule has 3 rings (SSSR count). The quantitative estimate of drug-likeness (QED) is 0.770. The number of unbranched alkanes of at least 4 members (excludes halogenated alkanes) is 2. The topological polar surface area (TPSA) is 105 Å². The largest absolute Gasteiger partial charge is 0.481 e. The average molecular weight is 359 g/mol. The normalized spacial score (nSPS) is 14.6. The number of fused-ring (bicyclic) bond motifs is 2. The number of aliphatic carboxylic acids is 1. The number of aromatic amines is 1. The van der Waals surface area contributed by atoms with Gasteiger partial charge in [-0.2, -0.15) is 4.98 Å². The van der Waals surface area contributed by atoms with Crippen molar-refractivity contribution in [3.63, 3.8) is 0 Å². The summed E-state index contributed by atoms with van der Waals surface area (Å²) in [6.07, 6.45) is 8.81. The van der Waals surface area contributed by atoms with Gasteiger partial charge in [0, 0.05) is 18.7 Å². The third-order valence-electron chi connectivity index (χ3n) is 5.07. The second-order valence-corrected chi connectivity index (χ2v) is 6.99. The highest BCUT2D eigenvalue weighted by molar-refractivity contribution is 5.66. The van der Waals surface area contributed by atoms with Crippen molar-refractivity contribution in [1.29, 1.82) is 0 Å². The van der Waals surface area contributed by atoms with Crippen molar-refractivity contribution in [2.45, 2.75) is 70.8 Å². The van der Waals surface area contributed by atoms with E-state index in [0.717, 1.165) is 38.5 Å². The highest BCUT2D eigenvalue weighted by Gasteiger charge is 2.20. The van der Waals surface area contributed by atoms with Crippen LogP contribution in [0.2, 0.25) is 0 Å². The molecule has 0 spiro atoms. The van der Waals surface area contributed by atoms with E-state index in [4.69, 9.17) is 5.11 Å². The molecule has 2 heterocycles. The first-order chi connectivity index (χ1) is 12.6. The number of H-pyrrole nitrogens is 1. The molecule has 2 N–H and O–H groups in total. The molecule has 0 saturated heterocycles. The number of carbonyl (C=O) groups is 1. The van der Waals surface area contributed by atoms with Gasteiger partial charge in [-0.15, -0.1) is 0 Å². The molecule has 1 aliphatic carbocycles. The molecule has 2 aliphatic heterocycles. The molecule has 0 unspecified atom stereocenters. The molecule has 3 aliphatic rings. The van der Waals surface area contributed by atoms with Gasteiger partial charge in [-0.3, -0.25) is 14.6 Å². The molecular formula is C19H25N3O4. The van der Waals surface area contributed by atoms with E-state index in [-0.39, 0.29) is 12.0 Å². The predicted octanol–water partition coefficient (Wildman–Crippen LogP) is 2.34. The Morgan fingerprint density at radius 3 is 2.65 bits per heavy atom. The molecule has 0 atom stereocenters. The number of aromatic nitrogens is 3. The van der Waals surface area contributed by atoms with Gasteiger partial charge in [-0.1, -0.05) is 19.3 Å². The Morgan fingerprint density at radius 2 is 1.88 bits per heavy atom. The monoisotopic (exact) mass is 359 g/mol. The van der Waals surface area contributed by atoms with Crippen LogP contribution in [0.1, 0.15) is 62.6 Å². The first-order valence-corrected chi connectivity index (χ1v) is 9.43. The maximum Gasteiger partial charge on any atom is 0.349 e. The van der Waals surface area contributed by atoms with Gasteiger partial charge in [0.1, 0.15) is 0 Å². The lowest BCUT2D eigenvalue weighted by atomic mass is 9.94. The van der Waals surface area contributed by atoms with Gasteiger partial charge in [0.05, 0.1) is 5.56 Å². The van der Waals surface area contributed by atoms with Gasteiger partial charge in [-0.25, -0.2) is 4.79 Å². The lowest BCUT2D eigenvalue weighted by Gasteiger charge is -2.24. The molecule has 0 radical (unpaired) electrons. The van der Waals surface area contributed by atoms with Crippen LogP contribution < -0.4 is 11.2 Å². The van der Waals surface area contributed by atoms with Crippen molar-refractivity contribution < 1.29 is 9.90 Å². The summed E-state index contributed by atoms with van der Waals surface area (Å²) in [5, 5.41) is 8.76. The summed E-state index contributed by atoms with van der Waals surface area (Å²) in [5.41, 5.74) is 1.81. The molecule has 0 fully saturated rings. The van der Waals surface area contributed by atoms with E-state index in [1.54, 1.807) is 0 Å². The van der Waals surface area contributed by atoms with E-state index in [1.165, 1.54) is 24.1 Å². The Hall–Kier alpha value is -2.44. The first kappa shape index (κ1) is 18.4. The maximum absolute atomic E-state index is 12.3. The van der Waals surface area contributed by atoms with Crippen LogP contribution in [-0.4, -0.2) is 25.6 Å². The minimum Gasteiger partial charge on any atom is -0.481 e. The van der Waals surface area contributed by atoms with Gasteiger partial charge in [0.15, 0.2) is 5.82 Å². The number of pyridine rings is 1. The number of nitrogens with zero attached hydrogens (tertiary/aromatic N) is 2. The van der Waals surface area contributed by atoms with Gasteiger partial charge in [0.2, 0.25) is 0 Å². The van der Waals surface area contributed by atoms with Crippen LogP contribution in [0.5, 0.6) is 0 Å². The van der Waals surface area contributed by atoms with Crippen molar-refractivity contribution in [3.05, 3.63) is 38.2 Å². The molecular weight excluding hydrogens is 334 g/mol. The van der Waals surface area contributed by atoms with Crippen LogP contribution in [0.15, 0.2) is 15.7 Å². The molecule has 7 heteroatoms. The summed E-state index contributed by atoms with van der Waals surface area (Å²) in [6, 6.07) is 1.90. The standard InChI is InChI=1S/C19H25N3O4/c23-16(24)10-6-3-7-11-22-15-9-5-2-1-4-8-13(15)12-14-17(22)20-19(26)21-18(14)25/h12H,1-11H2,(H,23,24)(H,21,25,26). The fourth-order valence-electron chi connectivity index (χ4n) is 3.78. The summed E-state index contributed by atoms with van der Waals surface area (Å²) in [4.78, 5) is 41.0. The Balaban J connectivity index is 1.97. The van der Waals surface area contributed by atoms with Crippen LogP contribution >= 0.6 is 0 Å². The first-order valence-electron chi connectivity index (χ1n) is 9.43. The number of carboxylic acids is 1. The van der Waals surface area contributed by atoms with Crippen LogP contribution in [0.25, 0.3) is 11.4 Å². The number of nitrogens with one attached hydrogen (secondary N) is 1. The van der Waals surface area contributed by atoms with Crippen LogP contribution in [-0.2, 0) is 24.2 Å². The third-order valence-corrected chi connectivity index (χ3v) is 5.07. The maximum atomic E-state index is 12.3. The lowest BCUT2D eigenvalue weighted by molar-refractivity contribution is -0.137. The SMILES string of the molecule is O=C(O)CCCCCn1c2nc(=O)[nH]c(=O)c-2cc2c1CCCCCC2. The van der Waals surface area contributed by atoms with Crippen LogP contribution in [0.4, 0.5) is 0 Å². The van der Waals surface area contributed by atoms with E-state index in [0.29, 0.717) is 24.4 Å². The molecule has 0 aromatic rings. The van der Waals surface area contributed by atoms with Crippen molar-refractivity contribution in [3.8, 4) is 11.4 Å². The number of aryl methyl sites for hydroxylation is 1. The highest BCUT2D eigenvalue weighted by atomic mass is 16.4. The fourth-order valence-corrected chi connectivity index (χ4v) is 3.78. The zero-order valence-corrected chi connectivity index (χ0v) is 14.9. The second kappa shape index (κ2) is 8.29. The van der Waals surface area contributed by atoms with E-state index >= 15 is 0 Å². The smallest absolute Gasteiger partial charge is 0.349 e. The fraction of sp³-hybridized carbons (Fsp3) is 0.579. The summed E-state index contributed by atoms with van der Waals surface area (Å²) in [5.74, 6) is -0.326. The Labute approximate surface area is 151 Å². The van der Waals surface area contributed by atoms with Crippen LogP contribution in [0.3, 0.4) is 0 Å². The molecule has 0 bridgehead atoms. The third kappa shape index (κ3) is 4.20. The van der Waals surface area contributed by atoms with Crippen molar-refractivity contribution in [2.75, 3.05) is 0 Å². The molecule has 0 saturated carbocycles. The summed E-state index contributed by atoms with van der Waals surface area (Å²) in [6.45, 7) is 0.648. The second-order valence-electron chi connectivity index (χ2n) is 6.99. The molecule has 0 aromatic heterocycles. The van der Waals surface area contributed by atoms with Gasteiger partial charge >= 0.3 is 11.7 Å². The number of hydrogen-bond donors (Lipinski definition) is 2. The molecule has 26 heavy (non-hydrogen) atoms. The molecule has 0 aromatic carbocycles. The Kier molecular flexibility index (Phi) is 5.85. The number of hydrogen-bond acceptors (Lipinski definition) is 4. The van der Waals surface area contributed by atoms with E-state index in [9.17, 15) is 14.4 Å². The van der Waals surface area contributed by atoms with Crippen molar-refractivity contribution in [1.82, 2.24) is 14.5 Å². The van der Waals surface area contributed by atoms with E-state index < -0.39 is 11.7 Å². The zero-order valence-electron chi connectivity index (χ0n) is 14.9. The summed E-state index contributed by atoms with van der Waals surface area (Å²) >= 11 is 0. The Morgan fingerprint density at radius 1 is 1.12 bits per heavy atom. The molecule has 140 valence electrons. The van der Waals surface area contributed by atoms with Crippen LogP contribution in [0, 0.1) is 0 Å². The summed E-state index contributed by atoms with van der Waals surface area (Å²) in [7, 11) is 0. The zero-order chi connectivity index (χ0) is 18.5. The minimum atomic E-state index is -0.780. The molecule has 7 nitrogen and oxygen atoms in total. The Bertz CT molecular complexity index is 868. The number of rotatable bonds is 6. The van der Waals surface area contributed by atoms with Gasteiger partial charge < -0.3 is 9.67 Å². The number of carboxylic acid groups (broad SMARTS) is 1. The average Bonchev–Trinajstić information content (AvgIpc) is 2.55.